The largest absolute Gasteiger partial charge is 0.416 e. The average Bonchev–Trinajstić information content (AvgIpc) is 2.55. The number of hydrogen-bond acceptors (Lipinski definition) is 3. The number of sulfone groups is 1. The van der Waals surface area contributed by atoms with Gasteiger partial charge in [-0.1, -0.05) is 38.0 Å². The number of amides is 1. The Bertz CT molecular complexity index is 746. The molecule has 8 heteroatoms. The van der Waals surface area contributed by atoms with Gasteiger partial charge in [-0.15, -0.1) is 0 Å². The summed E-state index contributed by atoms with van der Waals surface area (Å²) in [5, 5.41) is 1.36. The highest BCUT2D eigenvalue weighted by atomic mass is 32.2. The van der Waals surface area contributed by atoms with Gasteiger partial charge in [0.2, 0.25) is 5.91 Å². The SMILES string of the molecule is C[C@H](C(=O)N[C@H]1CCCC[C@@H]1C)S(=O)(=O)Cc1ccccc1C(F)(F)F. The molecule has 0 saturated heterocycles. The molecule has 0 bridgehead atoms. The van der Waals surface area contributed by atoms with Crippen molar-refractivity contribution in [3.63, 3.8) is 0 Å². The maximum Gasteiger partial charge on any atom is 0.416 e. The van der Waals surface area contributed by atoms with Crippen molar-refractivity contribution in [3.05, 3.63) is 35.4 Å². The molecule has 146 valence electrons. The van der Waals surface area contributed by atoms with Gasteiger partial charge in [0.1, 0.15) is 5.25 Å². The number of carbonyl (C=O) groups excluding carboxylic acids is 1. The zero-order valence-electron chi connectivity index (χ0n) is 14.8. The van der Waals surface area contributed by atoms with Gasteiger partial charge >= 0.3 is 6.18 Å². The molecule has 1 fully saturated rings. The highest BCUT2D eigenvalue weighted by molar-refractivity contribution is 7.92. The second-order valence-electron chi connectivity index (χ2n) is 6.98. The number of carbonyl (C=O) groups is 1. The van der Waals surface area contributed by atoms with E-state index < -0.39 is 38.5 Å². The average molecular weight is 391 g/mol. The topological polar surface area (TPSA) is 63.2 Å². The molecule has 1 amide bonds. The number of alkyl halides is 3. The second kappa shape index (κ2) is 7.98. The van der Waals surface area contributed by atoms with Crippen molar-refractivity contribution in [1.82, 2.24) is 5.32 Å². The maximum absolute atomic E-state index is 13.1. The van der Waals surface area contributed by atoms with E-state index in [4.69, 9.17) is 0 Å². The van der Waals surface area contributed by atoms with E-state index in [1.165, 1.54) is 19.1 Å². The number of nitrogens with one attached hydrogen (secondary N) is 1. The van der Waals surface area contributed by atoms with E-state index in [0.717, 1.165) is 37.8 Å². The molecule has 0 aromatic heterocycles. The van der Waals surface area contributed by atoms with Gasteiger partial charge in [-0.3, -0.25) is 4.79 Å². The molecule has 1 N–H and O–H groups in total. The quantitative estimate of drug-likeness (QED) is 0.832. The number of hydrogen-bond donors (Lipinski definition) is 1. The molecule has 26 heavy (non-hydrogen) atoms. The van der Waals surface area contributed by atoms with Crippen molar-refractivity contribution in [2.45, 2.75) is 62.8 Å². The fourth-order valence-electron chi connectivity index (χ4n) is 3.26. The van der Waals surface area contributed by atoms with Gasteiger partial charge in [0.05, 0.1) is 11.3 Å². The van der Waals surface area contributed by atoms with E-state index in [1.54, 1.807) is 0 Å². The van der Waals surface area contributed by atoms with Crippen LogP contribution in [-0.4, -0.2) is 25.6 Å². The summed E-state index contributed by atoms with van der Waals surface area (Å²) in [7, 11) is -4.08. The molecule has 0 unspecified atom stereocenters. The van der Waals surface area contributed by atoms with Crippen LogP contribution in [0.3, 0.4) is 0 Å². The maximum atomic E-state index is 13.1. The Hall–Kier alpha value is -1.57. The summed E-state index contributed by atoms with van der Waals surface area (Å²) >= 11 is 0. The highest BCUT2D eigenvalue weighted by Crippen LogP contribution is 2.33. The molecule has 1 saturated carbocycles. The molecule has 1 aliphatic carbocycles. The zero-order chi connectivity index (χ0) is 19.5. The van der Waals surface area contributed by atoms with E-state index in [-0.39, 0.29) is 17.5 Å². The minimum absolute atomic E-state index is 0.0867. The van der Waals surface area contributed by atoms with Crippen LogP contribution in [0.2, 0.25) is 0 Å². The first-order valence-corrected chi connectivity index (χ1v) is 10.4. The van der Waals surface area contributed by atoms with E-state index >= 15 is 0 Å². The summed E-state index contributed by atoms with van der Waals surface area (Å²) in [6, 6.07) is 4.46. The predicted molar refractivity (Wildman–Crippen MR) is 93.1 cm³/mol. The molecular formula is C18H24F3NO3S. The Kier molecular flexibility index (Phi) is 6.37. The fourth-order valence-corrected chi connectivity index (χ4v) is 4.59. The van der Waals surface area contributed by atoms with Crippen LogP contribution in [0.5, 0.6) is 0 Å². The lowest BCUT2D eigenvalue weighted by molar-refractivity contribution is -0.138. The lowest BCUT2D eigenvalue weighted by Crippen LogP contribution is -2.47. The van der Waals surface area contributed by atoms with E-state index in [2.05, 4.69) is 5.32 Å². The molecule has 3 atom stereocenters. The van der Waals surface area contributed by atoms with Gasteiger partial charge in [-0.25, -0.2) is 8.42 Å². The summed E-state index contributed by atoms with van der Waals surface area (Å²) in [6.07, 6.45) is -0.845. The number of benzene rings is 1. The van der Waals surface area contributed by atoms with Crippen molar-refractivity contribution < 1.29 is 26.4 Å². The van der Waals surface area contributed by atoms with Crippen LogP contribution < -0.4 is 5.32 Å². The van der Waals surface area contributed by atoms with Crippen molar-refractivity contribution in [3.8, 4) is 0 Å². The molecule has 1 aromatic carbocycles. The van der Waals surface area contributed by atoms with Crippen molar-refractivity contribution >= 4 is 15.7 Å². The molecule has 0 heterocycles. The van der Waals surface area contributed by atoms with Crippen LogP contribution in [0.4, 0.5) is 13.2 Å². The molecule has 0 aliphatic heterocycles. The molecular weight excluding hydrogens is 367 g/mol. The fraction of sp³-hybridized carbons (Fsp3) is 0.611. The molecule has 1 aromatic rings. The molecule has 0 radical (unpaired) electrons. The summed E-state index contributed by atoms with van der Waals surface area (Å²) in [6.45, 7) is 3.23. The van der Waals surface area contributed by atoms with Crippen molar-refractivity contribution in [1.29, 1.82) is 0 Å². The first-order chi connectivity index (χ1) is 12.0. The lowest BCUT2D eigenvalue weighted by Gasteiger charge is -2.30. The summed E-state index contributed by atoms with van der Waals surface area (Å²) in [5.74, 6) is -1.21. The Labute approximate surface area is 152 Å². The van der Waals surface area contributed by atoms with Crippen LogP contribution in [0, 0.1) is 5.92 Å². The summed E-state index contributed by atoms with van der Waals surface area (Å²) in [4.78, 5) is 12.4. The third kappa shape index (κ3) is 4.99. The minimum atomic E-state index is -4.64. The van der Waals surface area contributed by atoms with E-state index in [1.807, 2.05) is 6.92 Å². The third-order valence-electron chi connectivity index (χ3n) is 5.03. The lowest BCUT2D eigenvalue weighted by atomic mass is 9.86. The molecule has 0 spiro atoms. The Morgan fingerprint density at radius 2 is 1.85 bits per heavy atom. The predicted octanol–water partition coefficient (Wildman–Crippen LogP) is 3.70. The normalized spacial score (nSPS) is 22.7. The first kappa shape index (κ1) is 20.7. The molecule has 1 aliphatic rings. The molecule has 2 rings (SSSR count). The van der Waals surface area contributed by atoms with Crippen LogP contribution in [0.1, 0.15) is 50.7 Å². The Morgan fingerprint density at radius 1 is 1.23 bits per heavy atom. The number of halogens is 3. The Morgan fingerprint density at radius 3 is 2.46 bits per heavy atom. The summed E-state index contributed by atoms with van der Waals surface area (Å²) < 4.78 is 64.2. The van der Waals surface area contributed by atoms with Crippen LogP contribution in [-0.2, 0) is 26.6 Å². The van der Waals surface area contributed by atoms with Crippen LogP contribution >= 0.6 is 0 Å². The minimum Gasteiger partial charge on any atom is -0.352 e. The highest BCUT2D eigenvalue weighted by Gasteiger charge is 2.36. The van der Waals surface area contributed by atoms with E-state index in [0.29, 0.717) is 0 Å². The third-order valence-corrected chi connectivity index (χ3v) is 7.03. The second-order valence-corrected chi connectivity index (χ2v) is 9.30. The van der Waals surface area contributed by atoms with Crippen molar-refractivity contribution in [2.24, 2.45) is 5.92 Å². The number of rotatable bonds is 5. The smallest absolute Gasteiger partial charge is 0.352 e. The van der Waals surface area contributed by atoms with Crippen LogP contribution in [0.25, 0.3) is 0 Å². The van der Waals surface area contributed by atoms with Gasteiger partial charge in [0.25, 0.3) is 0 Å². The van der Waals surface area contributed by atoms with Crippen molar-refractivity contribution in [2.75, 3.05) is 0 Å². The molecule has 4 nitrogen and oxygen atoms in total. The first-order valence-electron chi connectivity index (χ1n) is 8.69. The monoisotopic (exact) mass is 391 g/mol. The van der Waals surface area contributed by atoms with E-state index in [9.17, 15) is 26.4 Å². The summed E-state index contributed by atoms with van der Waals surface area (Å²) in [5.41, 5.74) is -1.33. The zero-order valence-corrected chi connectivity index (χ0v) is 15.7. The van der Waals surface area contributed by atoms with Gasteiger partial charge in [0.15, 0.2) is 9.84 Å². The van der Waals surface area contributed by atoms with Gasteiger partial charge in [-0.2, -0.15) is 13.2 Å². The van der Waals surface area contributed by atoms with Gasteiger partial charge in [0, 0.05) is 6.04 Å². The standard InChI is InChI=1S/C18H24F3NO3S/c1-12-7-3-6-10-16(12)22-17(23)13(2)26(24,25)11-14-8-4-5-9-15(14)18(19,20)21/h4-5,8-9,12-13,16H,3,6-7,10-11H2,1-2H3,(H,22,23)/t12-,13+,16-/m0/s1. The van der Waals surface area contributed by atoms with Gasteiger partial charge in [-0.05, 0) is 37.3 Å². The van der Waals surface area contributed by atoms with Crippen LogP contribution in [0.15, 0.2) is 24.3 Å². The Balaban J connectivity index is 2.13. The van der Waals surface area contributed by atoms with Gasteiger partial charge < -0.3 is 5.32 Å².